The van der Waals surface area contributed by atoms with Crippen LogP contribution in [0.3, 0.4) is 0 Å². The minimum absolute atomic E-state index is 0.0870. The molecule has 1 N–H and O–H groups in total. The fourth-order valence-electron chi connectivity index (χ4n) is 2.86. The molecule has 0 aliphatic carbocycles. The summed E-state index contributed by atoms with van der Waals surface area (Å²) < 4.78 is 0. The number of rotatable bonds is 3. The lowest BCUT2D eigenvalue weighted by atomic mass is 10.1. The summed E-state index contributed by atoms with van der Waals surface area (Å²) in [5.74, 6) is -0.0870. The summed E-state index contributed by atoms with van der Waals surface area (Å²) in [7, 11) is 0. The minimum atomic E-state index is -0.0870. The largest absolute Gasteiger partial charge is 0.322 e. The number of nitrogens with zero attached hydrogens (tertiary/aromatic N) is 2. The van der Waals surface area contributed by atoms with Crippen LogP contribution in [0.25, 0.3) is 5.70 Å². The number of nitrogens with one attached hydrogen (secondary N) is 1. The Morgan fingerprint density at radius 1 is 1.21 bits per heavy atom. The molecule has 1 amide bonds. The first-order chi connectivity index (χ1) is 11.7. The zero-order chi connectivity index (χ0) is 16.5. The van der Waals surface area contributed by atoms with Crippen LogP contribution in [0.15, 0.2) is 58.9 Å². The fourth-order valence-corrected chi connectivity index (χ4v) is 3.82. The van der Waals surface area contributed by atoms with Crippen LogP contribution < -0.4 is 5.32 Å². The van der Waals surface area contributed by atoms with Crippen molar-refractivity contribution in [2.75, 3.05) is 18.4 Å². The molecule has 2 heterocycles. The Labute approximate surface area is 145 Å². The number of carbonyl (C=O) groups excluding carboxylic acids is 1. The predicted octanol–water partition coefficient (Wildman–Crippen LogP) is 3.96. The summed E-state index contributed by atoms with van der Waals surface area (Å²) in [6, 6.07) is 15.6. The van der Waals surface area contributed by atoms with Crippen LogP contribution >= 0.6 is 11.8 Å². The van der Waals surface area contributed by atoms with Crippen LogP contribution in [0.1, 0.15) is 21.5 Å². The van der Waals surface area contributed by atoms with Crippen LogP contribution in [0.4, 0.5) is 5.69 Å². The van der Waals surface area contributed by atoms with Crippen molar-refractivity contribution >= 4 is 34.2 Å². The van der Waals surface area contributed by atoms with Crippen molar-refractivity contribution in [1.82, 2.24) is 4.90 Å². The fraction of sp³-hybridized carbons (Fsp3) is 0.158. The number of aliphatic imine (C=N–C) groups is 1. The molecule has 0 spiro atoms. The van der Waals surface area contributed by atoms with Crippen LogP contribution in [-0.2, 0) is 0 Å². The van der Waals surface area contributed by atoms with Gasteiger partial charge in [-0.3, -0.25) is 9.79 Å². The first kappa shape index (κ1) is 15.0. The molecule has 2 aliphatic rings. The van der Waals surface area contributed by atoms with Crippen molar-refractivity contribution in [3.8, 4) is 0 Å². The number of fused-ring (bicyclic) bond motifs is 1. The molecule has 0 aromatic heterocycles. The van der Waals surface area contributed by atoms with Gasteiger partial charge in [0.2, 0.25) is 0 Å². The van der Waals surface area contributed by atoms with E-state index in [1.54, 1.807) is 11.8 Å². The van der Waals surface area contributed by atoms with Gasteiger partial charge in [-0.2, -0.15) is 0 Å². The van der Waals surface area contributed by atoms with E-state index in [2.05, 4.69) is 20.6 Å². The summed E-state index contributed by atoms with van der Waals surface area (Å²) in [6.07, 6.45) is 0. The van der Waals surface area contributed by atoms with Crippen LogP contribution in [0.2, 0.25) is 0 Å². The summed E-state index contributed by atoms with van der Waals surface area (Å²) in [6.45, 7) is 3.79. The van der Waals surface area contributed by atoms with E-state index in [1.165, 1.54) is 5.70 Å². The zero-order valence-electron chi connectivity index (χ0n) is 13.3. The summed E-state index contributed by atoms with van der Waals surface area (Å²) in [5.41, 5.74) is 4.88. The molecule has 24 heavy (non-hydrogen) atoms. The summed E-state index contributed by atoms with van der Waals surface area (Å²) in [5, 5.41) is 6.17. The molecule has 5 heteroatoms. The van der Waals surface area contributed by atoms with Crippen molar-refractivity contribution in [2.45, 2.75) is 6.92 Å². The molecule has 120 valence electrons. The van der Waals surface area contributed by atoms with Gasteiger partial charge in [0, 0.05) is 23.2 Å². The van der Waals surface area contributed by atoms with Gasteiger partial charge in [-0.05, 0) is 36.8 Å². The van der Waals surface area contributed by atoms with Gasteiger partial charge in [0.15, 0.2) is 5.17 Å². The lowest BCUT2D eigenvalue weighted by Gasteiger charge is -2.17. The van der Waals surface area contributed by atoms with E-state index in [1.807, 2.05) is 55.5 Å². The third-order valence-corrected chi connectivity index (χ3v) is 4.99. The molecule has 0 fully saturated rings. The Bertz CT molecular complexity index is 855. The van der Waals surface area contributed by atoms with E-state index in [9.17, 15) is 4.79 Å². The highest BCUT2D eigenvalue weighted by Gasteiger charge is 2.26. The Hall–Kier alpha value is -2.53. The van der Waals surface area contributed by atoms with Crippen LogP contribution in [-0.4, -0.2) is 29.1 Å². The average molecular weight is 335 g/mol. The normalized spacial score (nSPS) is 15.8. The molecule has 0 radical (unpaired) electrons. The number of amides is 1. The van der Waals surface area contributed by atoms with E-state index in [0.29, 0.717) is 5.56 Å². The Morgan fingerprint density at radius 3 is 2.83 bits per heavy atom. The maximum atomic E-state index is 12.3. The number of hydrogen-bond acceptors (Lipinski definition) is 4. The molecule has 0 atom stereocenters. The standard InChI is InChI=1S/C19H17N3OS/c1-13-3-2-4-15(11-13)18(23)21-16-7-5-14(6-8-16)17-12-24-19-20-9-10-22(17)19/h2-8,11-12H,9-10H2,1H3,(H,21,23). The quantitative estimate of drug-likeness (QED) is 0.923. The van der Waals surface area contributed by atoms with Gasteiger partial charge >= 0.3 is 0 Å². The first-order valence-electron chi connectivity index (χ1n) is 7.88. The Morgan fingerprint density at radius 2 is 2.04 bits per heavy atom. The number of anilines is 1. The third kappa shape index (κ3) is 2.83. The van der Waals surface area contributed by atoms with Gasteiger partial charge in [0.05, 0.1) is 12.2 Å². The van der Waals surface area contributed by atoms with Gasteiger partial charge in [-0.15, -0.1) is 0 Å². The number of benzene rings is 2. The maximum Gasteiger partial charge on any atom is 0.255 e. The summed E-state index contributed by atoms with van der Waals surface area (Å²) in [4.78, 5) is 19.0. The molecule has 2 aromatic carbocycles. The predicted molar refractivity (Wildman–Crippen MR) is 100 cm³/mol. The SMILES string of the molecule is Cc1cccc(C(=O)Nc2ccc(C3=CSC4=NCCN34)cc2)c1. The van der Waals surface area contributed by atoms with Crippen molar-refractivity contribution in [1.29, 1.82) is 0 Å². The Kier molecular flexibility index (Phi) is 3.86. The monoisotopic (exact) mass is 335 g/mol. The number of amidine groups is 1. The zero-order valence-corrected chi connectivity index (χ0v) is 14.1. The molecule has 4 nitrogen and oxygen atoms in total. The van der Waals surface area contributed by atoms with E-state index in [4.69, 9.17) is 0 Å². The molecule has 0 bridgehead atoms. The third-order valence-electron chi connectivity index (χ3n) is 4.09. The van der Waals surface area contributed by atoms with Gasteiger partial charge < -0.3 is 10.2 Å². The van der Waals surface area contributed by atoms with E-state index >= 15 is 0 Å². The molecule has 0 saturated heterocycles. The minimum Gasteiger partial charge on any atom is -0.322 e. The lowest BCUT2D eigenvalue weighted by Crippen LogP contribution is -2.19. The van der Waals surface area contributed by atoms with Crippen molar-refractivity contribution in [3.63, 3.8) is 0 Å². The number of thioether (sulfide) groups is 1. The van der Waals surface area contributed by atoms with Crippen LogP contribution in [0, 0.1) is 6.92 Å². The van der Waals surface area contributed by atoms with Gasteiger partial charge in [-0.25, -0.2) is 0 Å². The van der Waals surface area contributed by atoms with E-state index in [-0.39, 0.29) is 5.91 Å². The highest BCUT2D eigenvalue weighted by molar-refractivity contribution is 8.16. The van der Waals surface area contributed by atoms with Crippen molar-refractivity contribution < 1.29 is 4.79 Å². The second-order valence-electron chi connectivity index (χ2n) is 5.84. The summed E-state index contributed by atoms with van der Waals surface area (Å²) >= 11 is 1.67. The molecular weight excluding hydrogens is 318 g/mol. The van der Waals surface area contributed by atoms with E-state index < -0.39 is 0 Å². The first-order valence-corrected chi connectivity index (χ1v) is 8.76. The van der Waals surface area contributed by atoms with Gasteiger partial charge in [0.1, 0.15) is 0 Å². The highest BCUT2D eigenvalue weighted by atomic mass is 32.2. The van der Waals surface area contributed by atoms with E-state index in [0.717, 1.165) is 35.1 Å². The maximum absolute atomic E-state index is 12.3. The average Bonchev–Trinajstić information content (AvgIpc) is 3.19. The number of carbonyl (C=O) groups is 1. The molecule has 2 aromatic rings. The van der Waals surface area contributed by atoms with Crippen molar-refractivity contribution in [2.24, 2.45) is 4.99 Å². The second-order valence-corrected chi connectivity index (χ2v) is 6.67. The molecule has 4 rings (SSSR count). The number of aryl methyl sites for hydroxylation is 1. The van der Waals surface area contributed by atoms with Gasteiger partial charge in [-0.1, -0.05) is 41.6 Å². The topological polar surface area (TPSA) is 44.7 Å². The molecule has 0 unspecified atom stereocenters. The lowest BCUT2D eigenvalue weighted by molar-refractivity contribution is 0.102. The van der Waals surface area contributed by atoms with Crippen LogP contribution in [0.5, 0.6) is 0 Å². The van der Waals surface area contributed by atoms with Crippen molar-refractivity contribution in [3.05, 3.63) is 70.6 Å². The second kappa shape index (κ2) is 6.17. The Balaban J connectivity index is 1.48. The molecule has 2 aliphatic heterocycles. The highest BCUT2D eigenvalue weighted by Crippen LogP contribution is 2.35. The number of hydrogen-bond donors (Lipinski definition) is 1. The smallest absolute Gasteiger partial charge is 0.255 e. The molecule has 0 saturated carbocycles. The molecular formula is C19H17N3OS. The van der Waals surface area contributed by atoms with Gasteiger partial charge in [0.25, 0.3) is 5.91 Å².